The van der Waals surface area contributed by atoms with Crippen LogP contribution in [0.4, 0.5) is 9.59 Å². The van der Waals surface area contributed by atoms with Gasteiger partial charge in [0.15, 0.2) is 0 Å². The molecule has 0 aliphatic carbocycles. The van der Waals surface area contributed by atoms with Crippen LogP contribution in [0, 0.1) is 0 Å². The molecule has 0 radical (unpaired) electrons. The van der Waals surface area contributed by atoms with Crippen LogP contribution in [0.5, 0.6) is 11.5 Å². The van der Waals surface area contributed by atoms with Crippen molar-refractivity contribution >= 4 is 171 Å². The number of aromatic carboxylic acids is 2. The number of carboxylic acids is 2. The predicted octanol–water partition coefficient (Wildman–Crippen LogP) is 7.43. The minimum Gasteiger partial charge on any atom is -0.872 e. The molecule has 2 N–H and O–H groups in total. The quantitative estimate of drug-likeness (QED) is 0.0729. The summed E-state index contributed by atoms with van der Waals surface area (Å²) in [5.74, 6) is -1.34. The van der Waals surface area contributed by atoms with Crippen LogP contribution >= 0.6 is 0 Å². The van der Waals surface area contributed by atoms with Gasteiger partial charge in [-0.3, -0.25) is 0 Å². The second kappa shape index (κ2) is 46.5. The van der Waals surface area contributed by atoms with Crippen molar-refractivity contribution < 1.29 is 60.0 Å². The fraction of sp³-hybridized carbons (Fsp3) is 0.481. The molecule has 15 heteroatoms. The zero-order chi connectivity index (χ0) is 50.6. The van der Waals surface area contributed by atoms with E-state index in [2.05, 4.69) is 55.4 Å². The van der Waals surface area contributed by atoms with Crippen LogP contribution in [0.25, 0.3) is 0 Å². The van der Waals surface area contributed by atoms with E-state index in [0.717, 1.165) is 47.9 Å². The van der Waals surface area contributed by atoms with Gasteiger partial charge in [0.25, 0.3) is 0 Å². The van der Waals surface area contributed by atoms with E-state index >= 15 is 0 Å². The van der Waals surface area contributed by atoms with Crippen molar-refractivity contribution in [1.82, 2.24) is 0 Å². The Balaban J connectivity index is -0.000000248. The van der Waals surface area contributed by atoms with Crippen LogP contribution < -0.4 is 30.6 Å². The Hall–Kier alpha value is -1.33. The van der Waals surface area contributed by atoms with E-state index in [1.54, 1.807) is 36.4 Å². The molecule has 0 fully saturated rings. The van der Waals surface area contributed by atoms with Gasteiger partial charge in [0, 0.05) is 0 Å². The van der Waals surface area contributed by atoms with Crippen molar-refractivity contribution in [1.29, 1.82) is 0 Å². The SMILES string of the molecule is CC(C)(C)c1ccc(C(=O)O)cc1.CC(C)(C)c1ccc(C(=O)O)cc1.CCCCCCCCCc1ccccc1[O-].CCCCCCCCCc1ccccc1[O-].O=C([O-])[O-].O=C([O-])[O-].[Ba+2].[Ba+2].[Ba+2]. The molecule has 4 rings (SSSR count). The second-order valence-corrected chi connectivity index (χ2v) is 17.7. The van der Waals surface area contributed by atoms with Crippen molar-refractivity contribution in [2.75, 3.05) is 0 Å². The summed E-state index contributed by atoms with van der Waals surface area (Å²) in [4.78, 5) is 37.8. The Morgan fingerprint density at radius 3 is 0.855 bits per heavy atom. The van der Waals surface area contributed by atoms with Crippen molar-refractivity contribution in [3.8, 4) is 11.5 Å². The zero-order valence-corrected chi connectivity index (χ0v) is 56.0. The minimum atomic E-state index is -2.33. The third-order valence-corrected chi connectivity index (χ3v) is 10.0. The molecule has 0 bridgehead atoms. The summed E-state index contributed by atoms with van der Waals surface area (Å²) >= 11 is 0. The van der Waals surface area contributed by atoms with Gasteiger partial charge in [-0.15, -0.1) is 11.5 Å². The molecule has 0 heterocycles. The largest absolute Gasteiger partial charge is 2.00 e. The van der Waals surface area contributed by atoms with Crippen molar-refractivity contribution in [2.24, 2.45) is 0 Å². The first-order valence-corrected chi connectivity index (χ1v) is 22.9. The Labute approximate surface area is 533 Å². The zero-order valence-electron chi connectivity index (χ0n) is 42.6. The predicted molar refractivity (Wildman–Crippen MR) is 267 cm³/mol. The molecule has 0 saturated carbocycles. The summed E-state index contributed by atoms with van der Waals surface area (Å²) in [6.45, 7) is 17.1. The van der Waals surface area contributed by atoms with E-state index in [4.69, 9.17) is 40.2 Å². The van der Waals surface area contributed by atoms with Crippen LogP contribution in [0.1, 0.15) is 188 Å². The van der Waals surface area contributed by atoms with Gasteiger partial charge < -0.3 is 50.4 Å². The Kier molecular flexibility index (Phi) is 51.6. The fourth-order valence-corrected chi connectivity index (χ4v) is 6.19. The summed E-state index contributed by atoms with van der Waals surface area (Å²) in [5, 5.41) is 73.5. The average Bonchev–Trinajstić information content (AvgIpc) is 3.24. The van der Waals surface area contributed by atoms with Gasteiger partial charge in [-0.05, 0) is 84.2 Å². The molecule has 0 aliphatic heterocycles. The number of hydrogen-bond donors (Lipinski definition) is 2. The number of aryl methyl sites for hydroxylation is 2. The molecular formula is C54H74Ba3O12. The van der Waals surface area contributed by atoms with Crippen molar-refractivity contribution in [3.05, 3.63) is 130 Å². The molecule has 0 amide bonds. The number of carbonyl (C=O) groups excluding carboxylic acids is 2. The van der Waals surface area contributed by atoms with Gasteiger partial charge >= 0.3 is 159 Å². The topological polar surface area (TPSA) is 247 Å². The minimum absolute atomic E-state index is 0. The Morgan fingerprint density at radius 1 is 0.406 bits per heavy atom. The van der Waals surface area contributed by atoms with Gasteiger partial charge in [0.05, 0.1) is 11.1 Å². The normalized spacial score (nSPS) is 9.86. The molecule has 12 nitrogen and oxygen atoms in total. The number of para-hydroxylation sites is 2. The molecular weight excluding hydrogens is 1250 g/mol. The van der Waals surface area contributed by atoms with Crippen molar-refractivity contribution in [3.63, 3.8) is 0 Å². The van der Waals surface area contributed by atoms with E-state index < -0.39 is 24.2 Å². The van der Waals surface area contributed by atoms with E-state index in [9.17, 15) is 19.8 Å². The summed E-state index contributed by atoms with van der Waals surface area (Å²) in [5.41, 5.74) is 5.11. The van der Waals surface area contributed by atoms with E-state index in [1.807, 2.05) is 60.7 Å². The maximum Gasteiger partial charge on any atom is 2.00 e. The molecule has 0 aromatic heterocycles. The number of rotatable bonds is 18. The first kappa shape index (κ1) is 76.6. The first-order chi connectivity index (χ1) is 31.0. The van der Waals surface area contributed by atoms with E-state index in [-0.39, 0.29) is 169 Å². The number of benzene rings is 4. The Bertz CT molecular complexity index is 1760. The Morgan fingerprint density at radius 2 is 0.638 bits per heavy atom. The van der Waals surface area contributed by atoms with Crippen LogP contribution in [-0.4, -0.2) is 181 Å². The second-order valence-electron chi connectivity index (χ2n) is 17.7. The van der Waals surface area contributed by atoms with Gasteiger partial charge in [-0.25, -0.2) is 9.59 Å². The van der Waals surface area contributed by atoms with Crippen LogP contribution in [0.3, 0.4) is 0 Å². The third-order valence-electron chi connectivity index (χ3n) is 10.0. The van der Waals surface area contributed by atoms with Gasteiger partial charge in [-0.2, -0.15) is 0 Å². The molecule has 4 aromatic carbocycles. The molecule has 4 aromatic rings. The molecule has 0 aliphatic rings. The summed E-state index contributed by atoms with van der Waals surface area (Å²) in [7, 11) is 0. The van der Waals surface area contributed by atoms with E-state index in [1.165, 1.54) is 77.0 Å². The summed E-state index contributed by atoms with van der Waals surface area (Å²) in [6.07, 6.45) is 15.5. The van der Waals surface area contributed by atoms with Gasteiger partial charge in [-0.1, -0.05) is 216 Å². The molecule has 0 atom stereocenters. The summed E-state index contributed by atoms with van der Waals surface area (Å²) in [6, 6.07) is 28.8. The molecule has 0 unspecified atom stereocenters. The fourth-order valence-electron chi connectivity index (χ4n) is 6.19. The van der Waals surface area contributed by atoms with Crippen molar-refractivity contribution in [2.45, 2.75) is 169 Å². The molecule has 0 spiro atoms. The third kappa shape index (κ3) is 45.1. The maximum atomic E-state index is 11.4. The maximum absolute atomic E-state index is 11.4. The van der Waals surface area contributed by atoms with Crippen LogP contribution in [0.15, 0.2) is 97.1 Å². The number of unbranched alkanes of at least 4 members (excludes halogenated alkanes) is 12. The first-order valence-electron chi connectivity index (χ1n) is 22.9. The smallest absolute Gasteiger partial charge is 0.872 e. The molecule has 69 heavy (non-hydrogen) atoms. The monoisotopic (exact) mass is 1330 g/mol. The number of carboxylic acid groups (broad SMARTS) is 6. The van der Waals surface area contributed by atoms with Gasteiger partial charge in [0.2, 0.25) is 0 Å². The number of carbonyl (C=O) groups is 4. The standard InChI is InChI=1S/2C15H24O.2C11H14O2.2CH2O3.3Ba/c2*1-2-3-4-5-6-7-8-11-14-12-9-10-13-15(14)16;2*1-11(2,3)9-6-4-8(5-7-9)10(12)13;2*2-1(3)4;;;/h2*9-10,12-13,16H,2-8,11H2,1H3;2*4-7H,1-3H3,(H,12,13);2*(H2,2,3,4);;;/q;;;;;;3*+2/p-6. The van der Waals surface area contributed by atoms with E-state index in [0.29, 0.717) is 11.1 Å². The molecule has 368 valence electrons. The van der Waals surface area contributed by atoms with Gasteiger partial charge in [0.1, 0.15) is 0 Å². The summed E-state index contributed by atoms with van der Waals surface area (Å²) < 4.78 is 0. The average molecular weight is 1330 g/mol. The molecule has 0 saturated heterocycles. The number of hydrogen-bond acceptors (Lipinski definition) is 10. The van der Waals surface area contributed by atoms with Crippen LogP contribution in [0.2, 0.25) is 0 Å². The van der Waals surface area contributed by atoms with Crippen LogP contribution in [-0.2, 0) is 23.7 Å².